The van der Waals surface area contributed by atoms with E-state index in [0.717, 1.165) is 77.6 Å². The molecule has 2 aromatic heterocycles. The predicted molar refractivity (Wildman–Crippen MR) is 261 cm³/mol. The van der Waals surface area contributed by atoms with Crippen LogP contribution < -0.4 is 9.05 Å². The van der Waals surface area contributed by atoms with Crippen molar-refractivity contribution >= 4 is 60.4 Å². The van der Waals surface area contributed by atoms with Gasteiger partial charge in [-0.2, -0.15) is 0 Å². The van der Waals surface area contributed by atoms with Crippen LogP contribution >= 0.6 is 16.5 Å². The first kappa shape index (κ1) is 43.4. The van der Waals surface area contributed by atoms with Crippen molar-refractivity contribution in [2.75, 3.05) is 0 Å². The van der Waals surface area contributed by atoms with Crippen LogP contribution in [0.25, 0.3) is 55.0 Å². The number of para-hydroxylation sites is 4. The fourth-order valence-electron chi connectivity index (χ4n) is 8.85. The van der Waals surface area contributed by atoms with Crippen LogP contribution in [0.15, 0.2) is 126 Å². The smallest absolute Gasteiger partial charge is 0.390 e. The molecule has 0 bridgehead atoms. The highest BCUT2D eigenvalue weighted by Crippen LogP contribution is 2.57. The Morgan fingerprint density at radius 1 is 0.339 bits per heavy atom. The van der Waals surface area contributed by atoms with Crippen molar-refractivity contribution in [3.63, 3.8) is 0 Å². The Morgan fingerprint density at radius 2 is 0.597 bits per heavy atom. The van der Waals surface area contributed by atoms with Crippen molar-refractivity contribution < 1.29 is 25.8 Å². The summed E-state index contributed by atoms with van der Waals surface area (Å²) in [7, 11) is -3.98. The molecule has 0 aliphatic carbocycles. The second-order valence-corrected chi connectivity index (χ2v) is 20.2. The molecular formula is C54H60O6P2. The van der Waals surface area contributed by atoms with E-state index in [4.69, 9.17) is 25.8 Å². The van der Waals surface area contributed by atoms with E-state index in [1.165, 1.54) is 22.3 Å². The molecule has 0 fully saturated rings. The zero-order valence-electron chi connectivity index (χ0n) is 38.2. The summed E-state index contributed by atoms with van der Waals surface area (Å²) in [5, 5.41) is 3.88. The summed E-state index contributed by atoms with van der Waals surface area (Å²) in [5.74, 6) is 2.38. The lowest BCUT2D eigenvalue weighted by Crippen LogP contribution is -2.12. The van der Waals surface area contributed by atoms with Crippen molar-refractivity contribution in [1.29, 1.82) is 0 Å². The fraction of sp³-hybridized carbons (Fsp3) is 0.333. The summed E-state index contributed by atoms with van der Waals surface area (Å²) in [6.07, 6.45) is 0. The van der Waals surface area contributed by atoms with Crippen molar-refractivity contribution in [2.45, 2.75) is 119 Å². The number of fused-ring (bicyclic) bond motifs is 6. The molecule has 0 saturated carbocycles. The maximum absolute atomic E-state index is 7.45. The Hall–Kier alpha value is -5.28. The van der Waals surface area contributed by atoms with Crippen molar-refractivity contribution in [3.8, 4) is 22.6 Å². The highest BCUT2D eigenvalue weighted by atomic mass is 31.1. The predicted octanol–water partition coefficient (Wildman–Crippen LogP) is 19.0. The number of hydrogen-bond acceptors (Lipinski definition) is 6. The lowest BCUT2D eigenvalue weighted by atomic mass is 9.75. The molecule has 0 aliphatic rings. The van der Waals surface area contributed by atoms with Crippen molar-refractivity contribution in [3.05, 3.63) is 143 Å². The molecule has 0 radical (unpaired) electrons. The topological polar surface area (TPSA) is 71.0 Å². The number of rotatable bonds is 11. The van der Waals surface area contributed by atoms with Gasteiger partial charge in [-0.15, -0.1) is 0 Å². The zero-order valence-corrected chi connectivity index (χ0v) is 40.0. The van der Waals surface area contributed by atoms with E-state index in [2.05, 4.69) is 119 Å². The van der Waals surface area contributed by atoms with Gasteiger partial charge in [0, 0.05) is 32.7 Å². The summed E-state index contributed by atoms with van der Waals surface area (Å²) < 4.78 is 42.2. The molecule has 0 spiro atoms. The van der Waals surface area contributed by atoms with Gasteiger partial charge in [0.15, 0.2) is 0 Å². The van der Waals surface area contributed by atoms with E-state index in [1.807, 2.05) is 72.8 Å². The van der Waals surface area contributed by atoms with Crippen LogP contribution in [0.3, 0.4) is 0 Å². The Bertz CT molecular complexity index is 2680. The van der Waals surface area contributed by atoms with E-state index in [0.29, 0.717) is 0 Å². The van der Waals surface area contributed by atoms with Crippen LogP contribution in [0.4, 0.5) is 0 Å². The van der Waals surface area contributed by atoms with Crippen molar-refractivity contribution in [2.24, 2.45) is 0 Å². The second kappa shape index (κ2) is 17.8. The van der Waals surface area contributed by atoms with Gasteiger partial charge in [-0.3, -0.25) is 0 Å². The van der Waals surface area contributed by atoms with E-state index < -0.39 is 16.5 Å². The molecule has 0 amide bonds. The Labute approximate surface area is 368 Å². The normalized spacial score (nSPS) is 12.1. The second-order valence-electron chi connectivity index (χ2n) is 18.3. The first-order chi connectivity index (χ1) is 29.7. The average Bonchev–Trinajstić information content (AvgIpc) is 3.50. The lowest BCUT2D eigenvalue weighted by Gasteiger charge is -2.31. The summed E-state index contributed by atoms with van der Waals surface area (Å²) in [6.45, 7) is 27.3. The quantitative estimate of drug-likeness (QED) is 0.129. The molecule has 0 unspecified atom stereocenters. The Kier molecular flexibility index (Phi) is 12.5. The number of hydrogen-bond donors (Lipinski definition) is 0. The van der Waals surface area contributed by atoms with Crippen LogP contribution in [0, 0.1) is 0 Å². The molecule has 6 aromatic carbocycles. The van der Waals surface area contributed by atoms with Gasteiger partial charge in [0.05, 0.1) is 0 Å². The van der Waals surface area contributed by atoms with Crippen LogP contribution in [-0.4, -0.2) is 0 Å². The minimum Gasteiger partial charge on any atom is -0.390 e. The lowest BCUT2D eigenvalue weighted by molar-refractivity contribution is 0.486. The molecule has 0 atom stereocenters. The van der Waals surface area contributed by atoms with E-state index in [9.17, 15) is 0 Å². The summed E-state index contributed by atoms with van der Waals surface area (Å²) >= 11 is 0. The third-order valence-electron chi connectivity index (χ3n) is 11.8. The molecule has 2 heterocycles. The third-order valence-corrected chi connectivity index (χ3v) is 13.9. The highest BCUT2D eigenvalue weighted by molar-refractivity contribution is 7.32. The minimum absolute atomic E-state index is 0.0969. The highest BCUT2D eigenvalue weighted by Gasteiger charge is 2.34. The number of benzene rings is 6. The van der Waals surface area contributed by atoms with Gasteiger partial charge in [0.1, 0.15) is 33.8 Å². The summed E-state index contributed by atoms with van der Waals surface area (Å²) in [6, 6.07) is 37.2. The molecule has 322 valence electrons. The molecule has 0 saturated heterocycles. The summed E-state index contributed by atoms with van der Waals surface area (Å²) in [4.78, 5) is 0. The molecular weight excluding hydrogens is 807 g/mol. The van der Waals surface area contributed by atoms with E-state index >= 15 is 0 Å². The van der Waals surface area contributed by atoms with Gasteiger partial charge < -0.3 is 25.8 Å². The molecule has 8 rings (SSSR count). The average molecular weight is 867 g/mol. The maximum Gasteiger partial charge on any atom is 0.453 e. The van der Waals surface area contributed by atoms with Crippen LogP contribution in [0.5, 0.6) is 11.5 Å². The van der Waals surface area contributed by atoms with Crippen molar-refractivity contribution in [1.82, 2.24) is 0 Å². The first-order valence-electron chi connectivity index (χ1n) is 22.2. The van der Waals surface area contributed by atoms with Gasteiger partial charge in [-0.1, -0.05) is 168 Å². The first-order valence-corrected chi connectivity index (χ1v) is 24.4. The van der Waals surface area contributed by atoms with E-state index in [-0.39, 0.29) is 35.5 Å². The van der Waals surface area contributed by atoms with Crippen LogP contribution in [0.1, 0.15) is 152 Å². The monoisotopic (exact) mass is 866 g/mol. The third kappa shape index (κ3) is 8.21. The molecule has 8 heteroatoms. The van der Waals surface area contributed by atoms with Gasteiger partial charge in [-0.05, 0) is 93.2 Å². The van der Waals surface area contributed by atoms with Gasteiger partial charge in [-0.25, -0.2) is 0 Å². The van der Waals surface area contributed by atoms with Gasteiger partial charge in [0.25, 0.3) is 0 Å². The molecule has 0 N–H and O–H groups in total. The van der Waals surface area contributed by atoms with Crippen LogP contribution in [-0.2, 0) is 0 Å². The SMILES string of the molecule is CC(C)c1cc(C(C)C)c(C(C)C)c(-c2c(Op3oc4ccccc4c4ccccc4o3)c(C(C)C)cc(C(C)C)c2C(C)C)c1Op1oc2ccccc2c2ccccc2o1. The van der Waals surface area contributed by atoms with Gasteiger partial charge >= 0.3 is 16.5 Å². The molecule has 0 aliphatic heterocycles. The molecule has 62 heavy (non-hydrogen) atoms. The Balaban J connectivity index is 1.55. The standard InChI is InChI=1S/C54H60O6P2/c1-31(2)41-29-43(33(5)6)53(59-61-55-45-25-17-13-21-37(45)38-22-14-18-26-46(38)56-61)51(49(41)35(9)10)52-50(36(11)12)42(32(3)4)30-44(34(7)8)54(52)60-62-57-47-27-19-15-23-39(47)40-24-16-20-28-48(40)58-62/h13-36H,1-12H3. The zero-order chi connectivity index (χ0) is 44.0. The Morgan fingerprint density at radius 3 is 0.839 bits per heavy atom. The maximum atomic E-state index is 7.45. The largest absolute Gasteiger partial charge is 0.453 e. The molecule has 6 nitrogen and oxygen atoms in total. The minimum atomic E-state index is -1.99. The van der Waals surface area contributed by atoms with Gasteiger partial charge in [0.2, 0.25) is 0 Å². The van der Waals surface area contributed by atoms with Crippen LogP contribution in [0.2, 0.25) is 0 Å². The fourth-order valence-corrected chi connectivity index (χ4v) is 11.0. The van der Waals surface area contributed by atoms with E-state index in [1.54, 1.807) is 0 Å². The molecule has 8 aromatic rings. The summed E-state index contributed by atoms with van der Waals surface area (Å²) in [5.41, 5.74) is 12.1.